The highest BCUT2D eigenvalue weighted by molar-refractivity contribution is 7.89. The first-order chi connectivity index (χ1) is 8.77. The number of hydrogen-bond acceptors (Lipinski definition) is 4. The highest BCUT2D eigenvalue weighted by Crippen LogP contribution is 2.22. The molecule has 0 radical (unpaired) electrons. The number of nitrogens with zero attached hydrogens (tertiary/aromatic N) is 1. The third-order valence-corrected chi connectivity index (χ3v) is 3.85. The van der Waals surface area contributed by atoms with Crippen LogP contribution in [0.5, 0.6) is 0 Å². The molecule has 0 heterocycles. The summed E-state index contributed by atoms with van der Waals surface area (Å²) in [4.78, 5) is 13.2. The molecule has 0 aliphatic carbocycles. The Hall–Kier alpha value is -1.15. The molecular weight excluding hydrogens is 292 g/mol. The molecule has 1 aromatic rings. The molecule has 6 nitrogen and oxygen atoms in total. The molecule has 1 amide bonds. The Morgan fingerprint density at radius 3 is 2.63 bits per heavy atom. The maximum Gasteiger partial charge on any atom is 0.253 e. The zero-order valence-corrected chi connectivity index (χ0v) is 12.2. The normalized spacial score (nSPS) is 11.4. The number of benzene rings is 1. The number of methoxy groups -OCH3 is 1. The average Bonchev–Trinajstić information content (AvgIpc) is 2.34. The molecule has 0 spiro atoms. The van der Waals surface area contributed by atoms with Crippen LogP contribution in [-0.2, 0) is 14.8 Å². The summed E-state index contributed by atoms with van der Waals surface area (Å²) in [5, 5.41) is 5.01. The zero-order chi connectivity index (χ0) is 14.6. The Balaban J connectivity index is 3.06. The van der Waals surface area contributed by atoms with Crippen LogP contribution in [0.4, 0.5) is 0 Å². The largest absolute Gasteiger partial charge is 0.383 e. The van der Waals surface area contributed by atoms with Gasteiger partial charge in [-0.05, 0) is 18.2 Å². The van der Waals surface area contributed by atoms with Crippen LogP contribution >= 0.6 is 11.6 Å². The molecule has 0 fully saturated rings. The van der Waals surface area contributed by atoms with E-state index in [1.165, 1.54) is 30.2 Å². The molecule has 0 saturated carbocycles. The number of carbonyl (C=O) groups excluding carboxylic acids is 1. The minimum atomic E-state index is -3.96. The Morgan fingerprint density at radius 1 is 1.47 bits per heavy atom. The van der Waals surface area contributed by atoms with E-state index in [2.05, 4.69) is 0 Å². The molecule has 0 unspecified atom stereocenters. The zero-order valence-electron chi connectivity index (χ0n) is 10.6. The van der Waals surface area contributed by atoms with Crippen molar-refractivity contribution in [1.29, 1.82) is 0 Å². The van der Waals surface area contributed by atoms with Crippen molar-refractivity contribution in [3.8, 4) is 0 Å². The van der Waals surface area contributed by atoms with Gasteiger partial charge in [0.15, 0.2) is 0 Å². The SMILES string of the molecule is COCCN(C)C(=O)c1ccc(Cl)c(S(N)(=O)=O)c1. The lowest BCUT2D eigenvalue weighted by Crippen LogP contribution is -2.30. The predicted octanol–water partition coefficient (Wildman–Crippen LogP) is 0.706. The Labute approximate surface area is 117 Å². The van der Waals surface area contributed by atoms with Gasteiger partial charge in [0.2, 0.25) is 10.0 Å². The summed E-state index contributed by atoms with van der Waals surface area (Å²) in [7, 11) is -0.842. The summed E-state index contributed by atoms with van der Waals surface area (Å²) in [6, 6.07) is 3.95. The van der Waals surface area contributed by atoms with Crippen molar-refractivity contribution >= 4 is 27.5 Å². The molecule has 2 N–H and O–H groups in total. The maximum absolute atomic E-state index is 12.0. The van der Waals surface area contributed by atoms with E-state index in [1.807, 2.05) is 0 Å². The Bertz CT molecular complexity index is 574. The standard InChI is InChI=1S/C11H15ClN2O4S/c1-14(5-6-18-2)11(15)8-3-4-9(12)10(7-8)19(13,16)17/h3-4,7H,5-6H2,1-2H3,(H2,13,16,17). The minimum Gasteiger partial charge on any atom is -0.383 e. The molecule has 1 aromatic carbocycles. The van der Waals surface area contributed by atoms with Gasteiger partial charge in [0.05, 0.1) is 11.6 Å². The van der Waals surface area contributed by atoms with Crippen molar-refractivity contribution in [2.75, 3.05) is 27.3 Å². The number of primary sulfonamides is 1. The lowest BCUT2D eigenvalue weighted by molar-refractivity contribution is 0.0744. The predicted molar refractivity (Wildman–Crippen MR) is 71.7 cm³/mol. The van der Waals surface area contributed by atoms with Crippen LogP contribution in [0.15, 0.2) is 23.1 Å². The van der Waals surface area contributed by atoms with E-state index in [9.17, 15) is 13.2 Å². The summed E-state index contributed by atoms with van der Waals surface area (Å²) < 4.78 is 27.5. The van der Waals surface area contributed by atoms with Gasteiger partial charge in [-0.3, -0.25) is 4.79 Å². The minimum absolute atomic E-state index is 0.0152. The monoisotopic (exact) mass is 306 g/mol. The third kappa shape index (κ3) is 4.17. The van der Waals surface area contributed by atoms with Crippen molar-refractivity contribution in [3.63, 3.8) is 0 Å². The van der Waals surface area contributed by atoms with E-state index < -0.39 is 10.0 Å². The van der Waals surface area contributed by atoms with Crippen molar-refractivity contribution in [2.45, 2.75) is 4.90 Å². The number of hydrogen-bond donors (Lipinski definition) is 1. The fourth-order valence-corrected chi connectivity index (χ4v) is 2.48. The number of carbonyl (C=O) groups is 1. The van der Waals surface area contributed by atoms with Crippen LogP contribution < -0.4 is 5.14 Å². The maximum atomic E-state index is 12.0. The number of sulfonamides is 1. The van der Waals surface area contributed by atoms with Crippen molar-refractivity contribution in [1.82, 2.24) is 4.90 Å². The van der Waals surface area contributed by atoms with E-state index in [4.69, 9.17) is 21.5 Å². The number of nitrogens with two attached hydrogens (primary N) is 1. The van der Waals surface area contributed by atoms with E-state index in [1.54, 1.807) is 7.05 Å². The molecule has 1 rings (SSSR count). The quantitative estimate of drug-likeness (QED) is 0.867. The Kier molecular flexibility index (Phi) is 5.30. The van der Waals surface area contributed by atoms with Crippen LogP contribution in [0.25, 0.3) is 0 Å². The lowest BCUT2D eigenvalue weighted by Gasteiger charge is -2.17. The number of likely N-dealkylation sites (N-methyl/N-ethyl adjacent to an activating group) is 1. The van der Waals surface area contributed by atoms with Crippen LogP contribution in [0.3, 0.4) is 0 Å². The number of ether oxygens (including phenoxy) is 1. The first-order valence-electron chi connectivity index (χ1n) is 5.34. The first-order valence-corrected chi connectivity index (χ1v) is 7.26. The molecular formula is C11H15ClN2O4S. The highest BCUT2D eigenvalue weighted by atomic mass is 35.5. The topological polar surface area (TPSA) is 89.7 Å². The molecule has 106 valence electrons. The fraction of sp³-hybridized carbons (Fsp3) is 0.364. The van der Waals surface area contributed by atoms with Gasteiger partial charge in [0.25, 0.3) is 5.91 Å². The number of amides is 1. The molecule has 0 saturated heterocycles. The molecule has 0 atom stereocenters. The summed E-state index contributed by atoms with van der Waals surface area (Å²) in [6.07, 6.45) is 0. The number of rotatable bonds is 5. The first kappa shape index (κ1) is 15.9. The van der Waals surface area contributed by atoms with Gasteiger partial charge in [0.1, 0.15) is 4.90 Å². The van der Waals surface area contributed by atoms with Gasteiger partial charge in [-0.25, -0.2) is 13.6 Å². The third-order valence-electron chi connectivity index (χ3n) is 2.46. The molecule has 19 heavy (non-hydrogen) atoms. The van der Waals surface area contributed by atoms with Crippen molar-refractivity contribution < 1.29 is 17.9 Å². The molecule has 0 aromatic heterocycles. The Morgan fingerprint density at radius 2 is 2.11 bits per heavy atom. The van der Waals surface area contributed by atoms with Gasteiger partial charge in [-0.1, -0.05) is 11.6 Å². The van der Waals surface area contributed by atoms with Crippen molar-refractivity contribution in [2.24, 2.45) is 5.14 Å². The molecule has 8 heteroatoms. The van der Waals surface area contributed by atoms with E-state index in [0.29, 0.717) is 13.2 Å². The van der Waals surface area contributed by atoms with Crippen LogP contribution in [0, 0.1) is 0 Å². The van der Waals surface area contributed by atoms with Crippen LogP contribution in [-0.4, -0.2) is 46.5 Å². The van der Waals surface area contributed by atoms with Gasteiger partial charge in [-0.2, -0.15) is 0 Å². The average molecular weight is 307 g/mol. The molecule has 0 bridgehead atoms. The molecule has 0 aliphatic rings. The second kappa shape index (κ2) is 6.33. The van der Waals surface area contributed by atoms with Crippen molar-refractivity contribution in [3.05, 3.63) is 28.8 Å². The van der Waals surface area contributed by atoms with Gasteiger partial charge >= 0.3 is 0 Å². The van der Waals surface area contributed by atoms with Gasteiger partial charge < -0.3 is 9.64 Å². The lowest BCUT2D eigenvalue weighted by atomic mass is 10.2. The van der Waals surface area contributed by atoms with Gasteiger partial charge in [0, 0.05) is 26.3 Å². The molecule has 0 aliphatic heterocycles. The van der Waals surface area contributed by atoms with E-state index >= 15 is 0 Å². The van der Waals surface area contributed by atoms with E-state index in [-0.39, 0.29) is 21.4 Å². The summed E-state index contributed by atoms with van der Waals surface area (Å²) in [5.41, 5.74) is 0.201. The summed E-state index contributed by atoms with van der Waals surface area (Å²) in [5.74, 6) is -0.335. The summed E-state index contributed by atoms with van der Waals surface area (Å²) >= 11 is 5.74. The summed E-state index contributed by atoms with van der Waals surface area (Å²) in [6.45, 7) is 0.778. The van der Waals surface area contributed by atoms with Crippen LogP contribution in [0.1, 0.15) is 10.4 Å². The fourth-order valence-electron chi connectivity index (χ4n) is 1.40. The van der Waals surface area contributed by atoms with E-state index in [0.717, 1.165) is 0 Å². The van der Waals surface area contributed by atoms with Gasteiger partial charge in [-0.15, -0.1) is 0 Å². The second-order valence-electron chi connectivity index (χ2n) is 3.91. The number of halogens is 1. The highest BCUT2D eigenvalue weighted by Gasteiger charge is 2.18. The second-order valence-corrected chi connectivity index (χ2v) is 5.85. The smallest absolute Gasteiger partial charge is 0.253 e. The van der Waals surface area contributed by atoms with Crippen LogP contribution in [0.2, 0.25) is 5.02 Å².